The number of hydrogen-bond donors (Lipinski definition) is 0. The van der Waals surface area contributed by atoms with Crippen molar-refractivity contribution in [3.63, 3.8) is 0 Å². The molecule has 1 saturated heterocycles. The molecule has 6 nitrogen and oxygen atoms in total. The van der Waals surface area contributed by atoms with Crippen molar-refractivity contribution < 1.29 is 22.7 Å². The number of amides is 1. The Labute approximate surface area is 94.6 Å². The van der Waals surface area contributed by atoms with E-state index >= 15 is 0 Å². The van der Waals surface area contributed by atoms with E-state index in [0.29, 0.717) is 6.42 Å². The number of methoxy groups -OCH3 is 1. The number of carbonyl (C=O) groups excluding carboxylic acids is 2. The Morgan fingerprint density at radius 1 is 1.56 bits per heavy atom. The number of sulfonamides is 1. The van der Waals surface area contributed by atoms with Gasteiger partial charge in [-0.2, -0.15) is 0 Å². The van der Waals surface area contributed by atoms with Crippen LogP contribution in [0.25, 0.3) is 0 Å². The summed E-state index contributed by atoms with van der Waals surface area (Å²) in [6, 6.07) is 0. The van der Waals surface area contributed by atoms with Crippen molar-refractivity contribution in [1.29, 1.82) is 0 Å². The molecule has 1 aliphatic rings. The molecule has 0 spiro atoms. The van der Waals surface area contributed by atoms with Gasteiger partial charge in [-0.15, -0.1) is 0 Å². The van der Waals surface area contributed by atoms with Gasteiger partial charge < -0.3 is 4.74 Å². The predicted octanol–water partition coefficient (Wildman–Crippen LogP) is -0.396. The van der Waals surface area contributed by atoms with Crippen LogP contribution in [0.5, 0.6) is 0 Å². The second-order valence-electron chi connectivity index (χ2n) is 3.78. The van der Waals surface area contributed by atoms with E-state index in [9.17, 15) is 18.0 Å². The van der Waals surface area contributed by atoms with Crippen LogP contribution < -0.4 is 0 Å². The maximum atomic E-state index is 11.8. The molecule has 92 valence electrons. The fourth-order valence-electron chi connectivity index (χ4n) is 1.90. The minimum absolute atomic E-state index is 0.108. The number of rotatable bonds is 3. The molecule has 1 heterocycles. The monoisotopic (exact) mass is 249 g/mol. The summed E-state index contributed by atoms with van der Waals surface area (Å²) in [6.45, 7) is 1.63. The van der Waals surface area contributed by atoms with Crippen LogP contribution in [-0.2, 0) is 24.3 Å². The Morgan fingerprint density at radius 3 is 2.50 bits per heavy atom. The van der Waals surface area contributed by atoms with Crippen LogP contribution in [0.3, 0.4) is 0 Å². The third kappa shape index (κ3) is 2.18. The molecule has 1 rings (SSSR count). The predicted molar refractivity (Wildman–Crippen MR) is 55.8 cm³/mol. The highest BCUT2D eigenvalue weighted by Crippen LogP contribution is 2.29. The van der Waals surface area contributed by atoms with E-state index in [1.807, 2.05) is 0 Å². The van der Waals surface area contributed by atoms with E-state index in [0.717, 1.165) is 10.6 Å². The zero-order chi connectivity index (χ0) is 12.5. The summed E-state index contributed by atoms with van der Waals surface area (Å²) in [7, 11) is -2.37. The van der Waals surface area contributed by atoms with Gasteiger partial charge in [0, 0.05) is 0 Å². The minimum Gasteiger partial charge on any atom is -0.469 e. The van der Waals surface area contributed by atoms with E-state index in [-0.39, 0.29) is 6.54 Å². The lowest BCUT2D eigenvalue weighted by Crippen LogP contribution is -2.32. The molecular formula is C9H15NO5S. The summed E-state index contributed by atoms with van der Waals surface area (Å²) in [5.41, 5.74) is 0. The highest BCUT2D eigenvalue weighted by molar-refractivity contribution is 7.88. The number of nitrogens with zero attached hydrogens (tertiary/aromatic N) is 1. The van der Waals surface area contributed by atoms with Gasteiger partial charge in [-0.05, 0) is 6.42 Å². The second-order valence-corrected chi connectivity index (χ2v) is 5.68. The number of esters is 1. The quantitative estimate of drug-likeness (QED) is 0.636. The molecule has 0 aliphatic carbocycles. The SMILES string of the molecule is CC[C@@H]1C(=O)N(S(C)(=O)=O)C[C@H]1C(=O)OC. The Hall–Kier alpha value is -1.11. The van der Waals surface area contributed by atoms with Crippen LogP contribution in [0.4, 0.5) is 0 Å². The number of hydrogen-bond acceptors (Lipinski definition) is 5. The van der Waals surface area contributed by atoms with Gasteiger partial charge in [0.05, 0.1) is 31.7 Å². The number of ether oxygens (including phenoxy) is 1. The molecular weight excluding hydrogens is 234 g/mol. The van der Waals surface area contributed by atoms with Gasteiger partial charge in [-0.3, -0.25) is 9.59 Å². The molecule has 1 amide bonds. The first-order chi connectivity index (χ1) is 7.32. The van der Waals surface area contributed by atoms with E-state index in [1.165, 1.54) is 7.11 Å². The van der Waals surface area contributed by atoms with Gasteiger partial charge in [0.1, 0.15) is 0 Å². The van der Waals surface area contributed by atoms with Gasteiger partial charge in [-0.1, -0.05) is 6.92 Å². The first-order valence-corrected chi connectivity index (χ1v) is 6.77. The summed E-state index contributed by atoms with van der Waals surface area (Å²) >= 11 is 0. The minimum atomic E-state index is -3.59. The maximum absolute atomic E-state index is 11.8. The third-order valence-corrected chi connectivity index (χ3v) is 3.88. The van der Waals surface area contributed by atoms with Crippen LogP contribution in [0.15, 0.2) is 0 Å². The van der Waals surface area contributed by atoms with Crippen molar-refractivity contribution in [1.82, 2.24) is 4.31 Å². The van der Waals surface area contributed by atoms with Crippen LogP contribution >= 0.6 is 0 Å². The fraction of sp³-hybridized carbons (Fsp3) is 0.778. The van der Waals surface area contributed by atoms with Gasteiger partial charge in [-0.25, -0.2) is 12.7 Å². The summed E-state index contributed by atoms with van der Waals surface area (Å²) < 4.78 is 27.9. The van der Waals surface area contributed by atoms with Crippen molar-refractivity contribution in [2.45, 2.75) is 13.3 Å². The van der Waals surface area contributed by atoms with Crippen LogP contribution in [0.1, 0.15) is 13.3 Å². The summed E-state index contributed by atoms with van der Waals surface area (Å²) in [4.78, 5) is 23.2. The van der Waals surface area contributed by atoms with Crippen LogP contribution in [0, 0.1) is 11.8 Å². The lowest BCUT2D eigenvalue weighted by molar-refractivity contribution is -0.147. The van der Waals surface area contributed by atoms with Crippen molar-refractivity contribution in [3.05, 3.63) is 0 Å². The topological polar surface area (TPSA) is 80.8 Å². The Kier molecular flexibility index (Phi) is 3.57. The molecule has 1 aliphatic heterocycles. The average molecular weight is 249 g/mol. The molecule has 0 bridgehead atoms. The molecule has 0 saturated carbocycles. The van der Waals surface area contributed by atoms with Crippen molar-refractivity contribution in [2.24, 2.45) is 11.8 Å². The smallest absolute Gasteiger partial charge is 0.311 e. The van der Waals surface area contributed by atoms with E-state index in [4.69, 9.17) is 0 Å². The maximum Gasteiger partial charge on any atom is 0.311 e. The lowest BCUT2D eigenvalue weighted by Gasteiger charge is -2.12. The standard InChI is InChI=1S/C9H15NO5S/c1-4-6-7(9(12)15-2)5-10(8(6)11)16(3,13)14/h6-7H,4-5H2,1-3H3/t6-,7+/m0/s1. The first-order valence-electron chi connectivity index (χ1n) is 4.92. The molecule has 2 atom stereocenters. The Balaban J connectivity index is 3.01. The Morgan fingerprint density at radius 2 is 2.12 bits per heavy atom. The molecule has 0 N–H and O–H groups in total. The van der Waals surface area contributed by atoms with Crippen molar-refractivity contribution in [2.75, 3.05) is 19.9 Å². The van der Waals surface area contributed by atoms with Crippen molar-refractivity contribution >= 4 is 21.9 Å². The summed E-state index contributed by atoms with van der Waals surface area (Å²) in [5.74, 6) is -2.33. The highest BCUT2D eigenvalue weighted by atomic mass is 32.2. The van der Waals surface area contributed by atoms with Crippen LogP contribution in [0.2, 0.25) is 0 Å². The molecule has 0 unspecified atom stereocenters. The first kappa shape index (κ1) is 13.0. The van der Waals surface area contributed by atoms with Gasteiger partial charge in [0.25, 0.3) is 0 Å². The van der Waals surface area contributed by atoms with Crippen molar-refractivity contribution in [3.8, 4) is 0 Å². The second kappa shape index (κ2) is 4.40. The summed E-state index contributed by atoms with van der Waals surface area (Å²) in [5, 5.41) is 0. The highest BCUT2D eigenvalue weighted by Gasteiger charge is 2.47. The molecule has 1 fully saturated rings. The zero-order valence-electron chi connectivity index (χ0n) is 9.47. The largest absolute Gasteiger partial charge is 0.469 e. The van der Waals surface area contributed by atoms with Gasteiger partial charge >= 0.3 is 5.97 Å². The fourth-order valence-corrected chi connectivity index (χ4v) is 2.79. The summed E-state index contributed by atoms with van der Waals surface area (Å²) in [6.07, 6.45) is 1.38. The lowest BCUT2D eigenvalue weighted by atomic mass is 9.93. The molecule has 0 radical (unpaired) electrons. The molecule has 16 heavy (non-hydrogen) atoms. The van der Waals surface area contributed by atoms with E-state index in [1.54, 1.807) is 6.92 Å². The Bertz CT molecular complexity index is 402. The van der Waals surface area contributed by atoms with Crippen LogP contribution in [-0.4, -0.2) is 44.5 Å². The van der Waals surface area contributed by atoms with E-state index < -0.39 is 33.7 Å². The average Bonchev–Trinajstić information content (AvgIpc) is 2.53. The third-order valence-electron chi connectivity index (χ3n) is 2.76. The molecule has 7 heteroatoms. The zero-order valence-corrected chi connectivity index (χ0v) is 10.3. The van der Waals surface area contributed by atoms with Gasteiger partial charge in [0.2, 0.25) is 15.9 Å². The number of carbonyl (C=O) groups is 2. The molecule has 0 aromatic carbocycles. The normalized spacial score (nSPS) is 25.9. The van der Waals surface area contributed by atoms with E-state index in [2.05, 4.69) is 4.74 Å². The molecule has 0 aromatic heterocycles. The molecule has 0 aromatic rings. The van der Waals surface area contributed by atoms with Gasteiger partial charge in [0.15, 0.2) is 0 Å².